The van der Waals surface area contributed by atoms with Crippen LogP contribution in [-0.2, 0) is 24.7 Å². The van der Waals surface area contributed by atoms with Gasteiger partial charge in [0.1, 0.15) is 11.5 Å². The van der Waals surface area contributed by atoms with Gasteiger partial charge in [-0.2, -0.15) is 8.42 Å². The van der Waals surface area contributed by atoms with Crippen LogP contribution >= 0.6 is 11.6 Å². The molecule has 0 spiro atoms. The Morgan fingerprint density at radius 2 is 2.19 bits per heavy atom. The van der Waals surface area contributed by atoms with Crippen LogP contribution in [0.1, 0.15) is 20.3 Å². The van der Waals surface area contributed by atoms with E-state index in [-0.39, 0.29) is 16.5 Å². The van der Waals surface area contributed by atoms with E-state index in [1.165, 1.54) is 13.2 Å². The molecule has 21 heavy (non-hydrogen) atoms. The molecule has 0 aromatic carbocycles. The number of carbonyl (C=O) groups is 1. The lowest BCUT2D eigenvalue weighted by atomic mass is 9.88. The lowest BCUT2D eigenvalue weighted by molar-refractivity contribution is -0.136. The lowest BCUT2D eigenvalue weighted by Gasteiger charge is -2.21. The van der Waals surface area contributed by atoms with Gasteiger partial charge in [0.15, 0.2) is 0 Å². The molecule has 114 valence electrons. The summed E-state index contributed by atoms with van der Waals surface area (Å²) in [5.41, 5.74) is 1.66. The van der Waals surface area contributed by atoms with Crippen LogP contribution in [0.25, 0.3) is 0 Å². The standard InChI is InChI=1S/C13H14ClNO5S/c1-6-4-10(15-20-6)8-5-9(13(16)19-3)11(14)12(7(8)2)21(17)18/h5-6,11H,4H2,1-3H3. The van der Waals surface area contributed by atoms with E-state index in [4.69, 9.17) is 16.4 Å². The van der Waals surface area contributed by atoms with Crippen molar-refractivity contribution in [1.82, 2.24) is 0 Å². The Labute approximate surface area is 128 Å². The third kappa shape index (κ3) is 2.89. The number of oxime groups is 1. The number of esters is 1. The smallest absolute Gasteiger partial charge is 0.335 e. The van der Waals surface area contributed by atoms with Crippen LogP contribution < -0.4 is 0 Å². The van der Waals surface area contributed by atoms with E-state index in [0.717, 1.165) is 0 Å². The fourth-order valence-electron chi connectivity index (χ4n) is 2.25. The molecule has 2 atom stereocenters. The molecule has 0 saturated heterocycles. The molecule has 1 aliphatic carbocycles. The summed E-state index contributed by atoms with van der Waals surface area (Å²) in [5.74, 6) is -0.671. The third-order valence-corrected chi connectivity index (χ3v) is 4.80. The Balaban J connectivity index is 2.62. The van der Waals surface area contributed by atoms with Crippen LogP contribution in [0.4, 0.5) is 0 Å². The Morgan fingerprint density at radius 3 is 2.67 bits per heavy atom. The first-order valence-electron chi connectivity index (χ1n) is 6.21. The number of alkyl halides is 1. The minimum absolute atomic E-state index is 0.0446. The molecule has 8 heteroatoms. The molecule has 0 bridgehead atoms. The number of carbonyl (C=O) groups excluding carboxylic acids is 1. The number of halogens is 1. The van der Waals surface area contributed by atoms with Gasteiger partial charge >= 0.3 is 5.97 Å². The summed E-state index contributed by atoms with van der Waals surface area (Å²) < 4.78 is 27.6. The molecule has 0 radical (unpaired) electrons. The summed E-state index contributed by atoms with van der Waals surface area (Å²) in [7, 11) is -1.34. The van der Waals surface area contributed by atoms with Crippen molar-refractivity contribution in [2.45, 2.75) is 31.7 Å². The normalized spacial score (nSPS) is 25.2. The molecule has 0 saturated carbocycles. The Morgan fingerprint density at radius 1 is 1.52 bits per heavy atom. The molecule has 0 N–H and O–H groups in total. The van der Waals surface area contributed by atoms with Gasteiger partial charge in [0.05, 0.1) is 23.3 Å². The number of allylic oxidation sites excluding steroid dienone is 3. The highest BCUT2D eigenvalue weighted by atomic mass is 35.5. The highest BCUT2D eigenvalue weighted by Crippen LogP contribution is 2.30. The molecule has 1 aliphatic heterocycles. The summed E-state index contributed by atoms with van der Waals surface area (Å²) in [6.45, 7) is 3.48. The molecule has 2 unspecified atom stereocenters. The number of ether oxygens (including phenoxy) is 1. The third-order valence-electron chi connectivity index (χ3n) is 3.31. The summed E-state index contributed by atoms with van der Waals surface area (Å²) in [5, 5.41) is 2.86. The zero-order valence-corrected chi connectivity index (χ0v) is 13.3. The van der Waals surface area contributed by atoms with Crippen molar-refractivity contribution >= 4 is 38.4 Å². The van der Waals surface area contributed by atoms with Gasteiger partial charge in [-0.05, 0) is 25.5 Å². The van der Waals surface area contributed by atoms with E-state index >= 15 is 0 Å². The maximum absolute atomic E-state index is 11.8. The lowest BCUT2D eigenvalue weighted by Crippen LogP contribution is -2.30. The van der Waals surface area contributed by atoms with Crippen LogP contribution in [0.15, 0.2) is 28.0 Å². The highest BCUT2D eigenvalue weighted by Gasteiger charge is 2.34. The summed E-state index contributed by atoms with van der Waals surface area (Å²) in [6.07, 6.45) is 1.96. The molecule has 0 aromatic heterocycles. The minimum atomic E-state index is -2.55. The van der Waals surface area contributed by atoms with Crippen LogP contribution in [0.2, 0.25) is 0 Å². The molecule has 1 heterocycles. The van der Waals surface area contributed by atoms with E-state index in [9.17, 15) is 13.2 Å². The molecule has 6 nitrogen and oxygen atoms in total. The zero-order valence-electron chi connectivity index (χ0n) is 11.7. The largest absolute Gasteiger partial charge is 0.466 e. The number of hydrogen-bond donors (Lipinski definition) is 0. The van der Waals surface area contributed by atoms with Crippen molar-refractivity contribution in [3.63, 3.8) is 0 Å². The first-order chi connectivity index (χ1) is 9.86. The van der Waals surface area contributed by atoms with E-state index in [1.54, 1.807) is 6.92 Å². The quantitative estimate of drug-likeness (QED) is 0.432. The van der Waals surface area contributed by atoms with E-state index in [2.05, 4.69) is 9.89 Å². The van der Waals surface area contributed by atoms with Gasteiger partial charge in [0.25, 0.3) is 0 Å². The topological polar surface area (TPSA) is 82.0 Å². The van der Waals surface area contributed by atoms with Crippen LogP contribution in [0, 0.1) is 0 Å². The minimum Gasteiger partial charge on any atom is -0.466 e. The van der Waals surface area contributed by atoms with Gasteiger partial charge < -0.3 is 9.57 Å². The molecule has 2 rings (SSSR count). The second-order valence-corrected chi connectivity index (χ2v) is 6.10. The molecular weight excluding hydrogens is 318 g/mol. The molecule has 0 aromatic rings. The summed E-state index contributed by atoms with van der Waals surface area (Å²) in [6, 6.07) is 0. The highest BCUT2D eigenvalue weighted by molar-refractivity contribution is 7.73. The predicted octanol–water partition coefficient (Wildman–Crippen LogP) is 1.24. The summed E-state index contributed by atoms with van der Waals surface area (Å²) in [4.78, 5) is 16.9. The van der Waals surface area contributed by atoms with Crippen LogP contribution in [0.5, 0.6) is 0 Å². The molecule has 0 fully saturated rings. The number of nitrogens with zero attached hydrogens (tertiary/aromatic N) is 1. The molecule has 2 aliphatic rings. The monoisotopic (exact) mass is 331 g/mol. The number of rotatable bonds is 2. The van der Waals surface area contributed by atoms with Crippen molar-refractivity contribution in [3.05, 3.63) is 22.8 Å². The first-order valence-corrected chi connectivity index (χ1v) is 7.72. The average molecular weight is 332 g/mol. The number of methoxy groups -OCH3 is 1. The maximum Gasteiger partial charge on any atom is 0.335 e. The number of hydrogen-bond acceptors (Lipinski definition) is 6. The van der Waals surface area contributed by atoms with E-state index in [1.807, 2.05) is 6.92 Å². The van der Waals surface area contributed by atoms with Crippen molar-refractivity contribution < 1.29 is 22.8 Å². The Hall–Kier alpha value is -1.60. The zero-order chi connectivity index (χ0) is 15.7. The maximum atomic E-state index is 11.8. The first kappa shape index (κ1) is 15.8. The second kappa shape index (κ2) is 6.03. The van der Waals surface area contributed by atoms with Gasteiger partial charge in [-0.25, -0.2) is 4.79 Å². The van der Waals surface area contributed by atoms with Crippen molar-refractivity contribution in [3.8, 4) is 0 Å². The summed E-state index contributed by atoms with van der Waals surface area (Å²) >= 11 is 6.11. The van der Waals surface area contributed by atoms with Crippen LogP contribution in [0.3, 0.4) is 0 Å². The molecular formula is C13H14ClNO5S. The average Bonchev–Trinajstić information content (AvgIpc) is 2.84. The van der Waals surface area contributed by atoms with Crippen molar-refractivity contribution in [2.24, 2.45) is 5.16 Å². The fraction of sp³-hybridized carbons (Fsp3) is 0.462. The van der Waals surface area contributed by atoms with Gasteiger partial charge in [-0.1, -0.05) is 5.16 Å². The second-order valence-electron chi connectivity index (χ2n) is 4.75. The van der Waals surface area contributed by atoms with Gasteiger partial charge in [0, 0.05) is 12.0 Å². The fourth-order valence-corrected chi connectivity index (χ4v) is 3.44. The molecule has 0 amide bonds. The van der Waals surface area contributed by atoms with E-state index in [0.29, 0.717) is 23.3 Å². The van der Waals surface area contributed by atoms with Gasteiger partial charge in [0.2, 0.25) is 10.3 Å². The predicted molar refractivity (Wildman–Crippen MR) is 79.0 cm³/mol. The van der Waals surface area contributed by atoms with Crippen LogP contribution in [-0.4, -0.2) is 43.6 Å². The van der Waals surface area contributed by atoms with Gasteiger partial charge in [-0.15, -0.1) is 11.6 Å². The Bertz CT molecular complexity index is 709. The van der Waals surface area contributed by atoms with Crippen molar-refractivity contribution in [2.75, 3.05) is 7.11 Å². The van der Waals surface area contributed by atoms with Crippen molar-refractivity contribution in [1.29, 1.82) is 0 Å². The SMILES string of the molecule is COC(=O)C1=CC(C2=NOC(C)C2)=C(C)C(=S(=O)=O)C1Cl. The Kier molecular flexibility index (Phi) is 4.53. The van der Waals surface area contributed by atoms with Gasteiger partial charge in [-0.3, -0.25) is 0 Å². The van der Waals surface area contributed by atoms with E-state index < -0.39 is 21.6 Å².